The van der Waals surface area contributed by atoms with E-state index in [1.165, 1.54) is 31.9 Å². The van der Waals surface area contributed by atoms with Crippen molar-refractivity contribution in [2.24, 2.45) is 7.05 Å². The molecule has 4 heterocycles. The van der Waals surface area contributed by atoms with Gasteiger partial charge in [0.15, 0.2) is 8.07 Å². The van der Waals surface area contributed by atoms with Gasteiger partial charge in [-0.3, -0.25) is 4.57 Å². The maximum absolute atomic E-state index is 6.70. The molecule has 0 spiro atoms. The standard InChI is InChI=1S/C52H40N4OSi/c1-52(2)43-26-10-13-29-48(43)57-49-34-47-42(33-44(49)52)41-25-16-30-53-51(41)56(47)36-18-15-24-40(32-36)58(37-19-6-4-7-20-37,38-21-8-5-9-22-38)39-23-14-17-35(31-39)50-54-45-27-11-12-28-46(45)55(50)3/h4-34H,1-3H3. The summed E-state index contributed by atoms with van der Waals surface area (Å²) in [6.45, 7) is 4.59. The van der Waals surface area contributed by atoms with Crippen LogP contribution in [0.3, 0.4) is 0 Å². The Morgan fingerprint density at radius 3 is 1.98 bits per heavy atom. The molecule has 3 aromatic heterocycles. The minimum absolute atomic E-state index is 0.234. The Morgan fingerprint density at radius 1 is 0.534 bits per heavy atom. The van der Waals surface area contributed by atoms with Gasteiger partial charge in [-0.25, -0.2) is 9.97 Å². The minimum atomic E-state index is -2.98. The maximum atomic E-state index is 6.70. The van der Waals surface area contributed by atoms with Gasteiger partial charge >= 0.3 is 0 Å². The Bertz CT molecular complexity index is 3160. The van der Waals surface area contributed by atoms with Gasteiger partial charge in [0.1, 0.15) is 23.0 Å². The zero-order valence-corrected chi connectivity index (χ0v) is 33.6. The number of aromatic nitrogens is 4. The van der Waals surface area contributed by atoms with Crippen molar-refractivity contribution in [2.75, 3.05) is 0 Å². The van der Waals surface area contributed by atoms with Gasteiger partial charge in [0, 0.05) is 57.9 Å². The van der Waals surface area contributed by atoms with Crippen LogP contribution in [-0.2, 0) is 12.5 Å². The van der Waals surface area contributed by atoms with Gasteiger partial charge in [-0.1, -0.05) is 141 Å². The Morgan fingerprint density at radius 2 is 1.21 bits per heavy atom. The fraction of sp³-hybridized carbons (Fsp3) is 0.0769. The summed E-state index contributed by atoms with van der Waals surface area (Å²) in [7, 11) is -0.864. The molecule has 0 radical (unpaired) electrons. The Balaban J connectivity index is 1.17. The second kappa shape index (κ2) is 13.0. The van der Waals surface area contributed by atoms with Gasteiger partial charge < -0.3 is 9.30 Å². The predicted molar refractivity (Wildman–Crippen MR) is 241 cm³/mol. The number of benzene rings is 7. The van der Waals surface area contributed by atoms with Crippen molar-refractivity contribution in [3.05, 3.63) is 199 Å². The predicted octanol–water partition coefficient (Wildman–Crippen LogP) is 9.54. The zero-order chi connectivity index (χ0) is 39.0. The summed E-state index contributed by atoms with van der Waals surface area (Å²) in [6.07, 6.45) is 1.90. The zero-order valence-electron chi connectivity index (χ0n) is 32.6. The fourth-order valence-electron chi connectivity index (χ4n) is 9.59. The van der Waals surface area contributed by atoms with Crippen LogP contribution in [0, 0.1) is 0 Å². The first-order chi connectivity index (χ1) is 28.4. The number of hydrogen-bond acceptors (Lipinski definition) is 3. The van der Waals surface area contributed by atoms with Crippen LogP contribution in [0.5, 0.6) is 11.5 Å². The first-order valence-electron chi connectivity index (χ1n) is 19.9. The Labute approximate surface area is 338 Å². The molecule has 0 N–H and O–H groups in total. The third-order valence-corrected chi connectivity index (χ3v) is 17.1. The summed E-state index contributed by atoms with van der Waals surface area (Å²) in [6, 6.07) is 66.1. The molecule has 0 saturated carbocycles. The lowest BCUT2D eigenvalue weighted by atomic mass is 9.75. The molecule has 0 aliphatic carbocycles. The minimum Gasteiger partial charge on any atom is -0.457 e. The van der Waals surface area contributed by atoms with Gasteiger partial charge in [0.05, 0.1) is 16.6 Å². The summed E-state index contributed by atoms with van der Waals surface area (Å²) in [5, 5.41) is 7.46. The molecule has 1 aliphatic heterocycles. The number of pyridine rings is 1. The quantitative estimate of drug-likeness (QED) is 0.125. The van der Waals surface area contributed by atoms with Crippen LogP contribution < -0.4 is 25.5 Å². The highest BCUT2D eigenvalue weighted by atomic mass is 28.3. The molecule has 11 rings (SSSR count). The van der Waals surface area contributed by atoms with E-state index in [-0.39, 0.29) is 5.41 Å². The molecule has 0 unspecified atom stereocenters. The normalized spacial score (nSPS) is 13.4. The molecule has 0 fully saturated rings. The van der Waals surface area contributed by atoms with Crippen molar-refractivity contribution >= 4 is 61.8 Å². The molecule has 7 aromatic carbocycles. The topological polar surface area (TPSA) is 44.9 Å². The van der Waals surface area contributed by atoms with E-state index in [0.29, 0.717) is 0 Å². The van der Waals surface area contributed by atoms with Crippen LogP contribution in [0.4, 0.5) is 0 Å². The number of ether oxygens (including phenoxy) is 1. The molecule has 0 bridgehead atoms. The van der Waals surface area contributed by atoms with Crippen LogP contribution in [0.15, 0.2) is 188 Å². The highest BCUT2D eigenvalue weighted by molar-refractivity contribution is 7.20. The van der Waals surface area contributed by atoms with Gasteiger partial charge in [0.2, 0.25) is 0 Å². The van der Waals surface area contributed by atoms with Crippen LogP contribution >= 0.6 is 0 Å². The Kier molecular flexibility index (Phi) is 7.68. The van der Waals surface area contributed by atoms with E-state index >= 15 is 0 Å². The first-order valence-corrected chi connectivity index (χ1v) is 21.9. The molecular formula is C52H40N4OSi. The smallest absolute Gasteiger partial charge is 0.179 e. The molecule has 5 nitrogen and oxygen atoms in total. The maximum Gasteiger partial charge on any atom is 0.179 e. The number of hydrogen-bond donors (Lipinski definition) is 0. The average molecular weight is 765 g/mol. The number of rotatable bonds is 6. The van der Waals surface area contributed by atoms with Crippen LogP contribution in [0.2, 0.25) is 0 Å². The number of para-hydroxylation sites is 3. The largest absolute Gasteiger partial charge is 0.457 e. The van der Waals surface area contributed by atoms with Gasteiger partial charge in [0.25, 0.3) is 0 Å². The third-order valence-electron chi connectivity index (χ3n) is 12.4. The first kappa shape index (κ1) is 34.2. The van der Waals surface area contributed by atoms with E-state index < -0.39 is 8.07 Å². The molecule has 278 valence electrons. The molecule has 58 heavy (non-hydrogen) atoms. The van der Waals surface area contributed by atoms with Crippen molar-refractivity contribution in [1.29, 1.82) is 0 Å². The number of imidazole rings is 1. The molecule has 0 amide bonds. The van der Waals surface area contributed by atoms with Crippen molar-refractivity contribution in [3.8, 4) is 28.6 Å². The highest BCUT2D eigenvalue weighted by Gasteiger charge is 2.42. The van der Waals surface area contributed by atoms with Crippen LogP contribution in [-0.4, -0.2) is 27.2 Å². The van der Waals surface area contributed by atoms with E-state index in [4.69, 9.17) is 14.7 Å². The fourth-order valence-corrected chi connectivity index (χ4v) is 14.4. The highest BCUT2D eigenvalue weighted by Crippen LogP contribution is 2.50. The number of nitrogens with zero attached hydrogens (tertiary/aromatic N) is 4. The van der Waals surface area contributed by atoms with Gasteiger partial charge in [-0.05, 0) is 69.3 Å². The van der Waals surface area contributed by atoms with Crippen LogP contribution in [0.25, 0.3) is 50.0 Å². The lowest BCUT2D eigenvalue weighted by Gasteiger charge is -2.35. The lowest BCUT2D eigenvalue weighted by molar-refractivity contribution is 0.419. The summed E-state index contributed by atoms with van der Waals surface area (Å²) < 4.78 is 11.2. The number of fused-ring (bicyclic) bond motifs is 6. The summed E-state index contributed by atoms with van der Waals surface area (Å²) >= 11 is 0. The van der Waals surface area contributed by atoms with Crippen molar-refractivity contribution < 1.29 is 4.74 Å². The second-order valence-electron chi connectivity index (χ2n) is 15.9. The van der Waals surface area contributed by atoms with Crippen molar-refractivity contribution in [3.63, 3.8) is 0 Å². The van der Waals surface area contributed by atoms with Gasteiger partial charge in [-0.15, -0.1) is 0 Å². The average Bonchev–Trinajstić information content (AvgIpc) is 3.78. The van der Waals surface area contributed by atoms with Crippen molar-refractivity contribution in [1.82, 2.24) is 19.1 Å². The second-order valence-corrected chi connectivity index (χ2v) is 19.7. The lowest BCUT2D eigenvalue weighted by Crippen LogP contribution is -2.74. The molecule has 6 heteroatoms. The van der Waals surface area contributed by atoms with Crippen LogP contribution in [0.1, 0.15) is 25.0 Å². The molecule has 0 atom stereocenters. The summed E-state index contributed by atoms with van der Waals surface area (Å²) in [5.41, 5.74) is 8.38. The van der Waals surface area contributed by atoms with E-state index in [1.54, 1.807) is 0 Å². The Hall–Kier alpha value is -7.02. The molecular weight excluding hydrogens is 725 g/mol. The monoisotopic (exact) mass is 764 g/mol. The van der Waals surface area contributed by atoms with E-state index in [9.17, 15) is 0 Å². The SMILES string of the molecule is Cn1c(-c2cccc([Si](c3ccccc3)(c3ccccc3)c3cccc(-n4c5cc6c(cc5c5cccnc54)C(C)(C)c4ccccc4O6)c3)c2)nc2ccccc21. The van der Waals surface area contributed by atoms with E-state index in [1.807, 2.05) is 12.3 Å². The molecule has 0 saturated heterocycles. The van der Waals surface area contributed by atoms with Crippen molar-refractivity contribution in [2.45, 2.75) is 19.3 Å². The van der Waals surface area contributed by atoms with Gasteiger partial charge in [-0.2, -0.15) is 0 Å². The summed E-state index contributed by atoms with van der Waals surface area (Å²) in [5.74, 6) is 2.74. The van der Waals surface area contributed by atoms with E-state index in [0.717, 1.165) is 61.5 Å². The molecule has 1 aliphatic rings. The molecule has 10 aromatic rings. The number of aryl methyl sites for hydroxylation is 1. The third kappa shape index (κ3) is 5.01. The van der Waals surface area contributed by atoms with E-state index in [2.05, 4.69) is 206 Å². The summed E-state index contributed by atoms with van der Waals surface area (Å²) in [4.78, 5) is 10.2.